The first kappa shape index (κ1) is 7.61. The first-order valence-corrected chi connectivity index (χ1v) is 4.22. The summed E-state index contributed by atoms with van der Waals surface area (Å²) in [5.41, 5.74) is 1.30. The Bertz CT molecular complexity index is 436. The van der Waals surface area contributed by atoms with Gasteiger partial charge in [-0.1, -0.05) is 21.1 Å². The van der Waals surface area contributed by atoms with Crippen molar-refractivity contribution < 1.29 is 9.63 Å². The second-order valence-corrected chi connectivity index (χ2v) is 3.48. The summed E-state index contributed by atoms with van der Waals surface area (Å²) in [7, 11) is 0. The van der Waals surface area contributed by atoms with E-state index in [1.54, 1.807) is 19.1 Å². The summed E-state index contributed by atoms with van der Waals surface area (Å²) in [5.74, 6) is 0.193. The first-order valence-electron chi connectivity index (χ1n) is 3.43. The van der Waals surface area contributed by atoms with Crippen molar-refractivity contribution in [2.24, 2.45) is 0 Å². The number of phenolic OH excluding ortho intramolecular Hbond substituents is 1. The minimum atomic E-state index is 0.193. The predicted molar refractivity (Wildman–Crippen MR) is 48.1 cm³/mol. The third-order valence-corrected chi connectivity index (χ3v) is 2.15. The number of rotatable bonds is 0. The molecule has 12 heavy (non-hydrogen) atoms. The van der Waals surface area contributed by atoms with E-state index in [4.69, 9.17) is 4.52 Å². The Balaban J connectivity index is 2.93. The predicted octanol–water partition coefficient (Wildman–Crippen LogP) is 2.60. The van der Waals surface area contributed by atoms with Gasteiger partial charge in [-0.25, -0.2) is 0 Å². The standard InChI is InChI=1S/C8H6BrNO2/c1-4-8-6(11)2-5(9)3-7(8)12-10-4/h2-3,11H,1H3. The Morgan fingerprint density at radius 2 is 2.25 bits per heavy atom. The number of halogens is 1. The molecule has 0 aliphatic heterocycles. The molecule has 2 aromatic rings. The fraction of sp³-hybridized carbons (Fsp3) is 0.125. The second kappa shape index (κ2) is 2.48. The van der Waals surface area contributed by atoms with Gasteiger partial charge in [0, 0.05) is 4.47 Å². The summed E-state index contributed by atoms with van der Waals surface area (Å²) in [6.07, 6.45) is 0. The van der Waals surface area contributed by atoms with Crippen molar-refractivity contribution in [2.45, 2.75) is 6.92 Å². The van der Waals surface area contributed by atoms with Crippen LogP contribution >= 0.6 is 15.9 Å². The van der Waals surface area contributed by atoms with Gasteiger partial charge in [0.15, 0.2) is 5.58 Å². The maximum absolute atomic E-state index is 9.49. The Morgan fingerprint density at radius 3 is 3.00 bits per heavy atom. The lowest BCUT2D eigenvalue weighted by Crippen LogP contribution is -1.72. The summed E-state index contributed by atoms with van der Waals surface area (Å²) in [4.78, 5) is 0. The van der Waals surface area contributed by atoms with E-state index in [9.17, 15) is 5.11 Å². The zero-order valence-corrected chi connectivity index (χ0v) is 7.92. The summed E-state index contributed by atoms with van der Waals surface area (Å²) < 4.78 is 5.75. The van der Waals surface area contributed by atoms with Crippen LogP contribution in [-0.4, -0.2) is 10.3 Å². The van der Waals surface area contributed by atoms with Gasteiger partial charge in [0.05, 0.1) is 11.1 Å². The lowest BCUT2D eigenvalue weighted by Gasteiger charge is -1.94. The van der Waals surface area contributed by atoms with Crippen LogP contribution in [0.1, 0.15) is 5.69 Å². The van der Waals surface area contributed by atoms with E-state index in [0.29, 0.717) is 16.7 Å². The van der Waals surface area contributed by atoms with Gasteiger partial charge in [-0.05, 0) is 19.1 Å². The number of fused-ring (bicyclic) bond motifs is 1. The number of hydrogen-bond acceptors (Lipinski definition) is 3. The van der Waals surface area contributed by atoms with Crippen LogP contribution in [0.15, 0.2) is 21.1 Å². The molecule has 3 nitrogen and oxygen atoms in total. The van der Waals surface area contributed by atoms with Crippen LogP contribution in [0.3, 0.4) is 0 Å². The van der Waals surface area contributed by atoms with Crippen molar-refractivity contribution in [3.05, 3.63) is 22.3 Å². The molecule has 0 spiro atoms. The zero-order chi connectivity index (χ0) is 8.72. The molecule has 0 fully saturated rings. The molecule has 62 valence electrons. The quantitative estimate of drug-likeness (QED) is 0.753. The van der Waals surface area contributed by atoms with E-state index in [1.807, 2.05) is 0 Å². The van der Waals surface area contributed by atoms with Crippen molar-refractivity contribution in [1.29, 1.82) is 0 Å². The number of aromatic hydroxyl groups is 1. The van der Waals surface area contributed by atoms with E-state index in [0.717, 1.165) is 4.47 Å². The highest BCUT2D eigenvalue weighted by atomic mass is 79.9. The van der Waals surface area contributed by atoms with E-state index < -0.39 is 0 Å². The van der Waals surface area contributed by atoms with Gasteiger partial charge in [-0.2, -0.15) is 0 Å². The fourth-order valence-corrected chi connectivity index (χ4v) is 1.59. The number of phenols is 1. The third-order valence-electron chi connectivity index (χ3n) is 1.69. The monoisotopic (exact) mass is 227 g/mol. The van der Waals surface area contributed by atoms with Gasteiger partial charge in [0.1, 0.15) is 5.75 Å². The van der Waals surface area contributed by atoms with Crippen LogP contribution in [0, 0.1) is 6.92 Å². The topological polar surface area (TPSA) is 46.3 Å². The van der Waals surface area contributed by atoms with Gasteiger partial charge in [-0.3, -0.25) is 0 Å². The van der Waals surface area contributed by atoms with E-state index in [1.165, 1.54) is 0 Å². The smallest absolute Gasteiger partial charge is 0.171 e. The van der Waals surface area contributed by atoms with Crippen LogP contribution in [0.5, 0.6) is 5.75 Å². The second-order valence-electron chi connectivity index (χ2n) is 2.57. The van der Waals surface area contributed by atoms with Gasteiger partial charge < -0.3 is 9.63 Å². The van der Waals surface area contributed by atoms with Crippen molar-refractivity contribution in [2.75, 3.05) is 0 Å². The first-order chi connectivity index (χ1) is 5.68. The highest BCUT2D eigenvalue weighted by molar-refractivity contribution is 9.10. The summed E-state index contributed by atoms with van der Waals surface area (Å²) >= 11 is 3.24. The van der Waals surface area contributed by atoms with Crippen molar-refractivity contribution in [3.8, 4) is 5.75 Å². The average Bonchev–Trinajstić information content (AvgIpc) is 2.31. The fourth-order valence-electron chi connectivity index (χ4n) is 1.17. The summed E-state index contributed by atoms with van der Waals surface area (Å²) in [6.45, 7) is 1.79. The normalized spacial score (nSPS) is 10.8. The molecular weight excluding hydrogens is 222 g/mol. The number of benzene rings is 1. The molecule has 1 aromatic carbocycles. The number of hydrogen-bond donors (Lipinski definition) is 1. The lowest BCUT2D eigenvalue weighted by atomic mass is 10.2. The average molecular weight is 228 g/mol. The van der Waals surface area contributed by atoms with Gasteiger partial charge in [-0.15, -0.1) is 0 Å². The molecule has 0 saturated heterocycles. The molecule has 0 unspecified atom stereocenters. The van der Waals surface area contributed by atoms with Crippen LogP contribution in [0.4, 0.5) is 0 Å². The molecule has 0 bridgehead atoms. The molecule has 0 radical (unpaired) electrons. The molecule has 0 aliphatic carbocycles. The third kappa shape index (κ3) is 0.992. The number of aromatic nitrogens is 1. The zero-order valence-electron chi connectivity index (χ0n) is 6.34. The van der Waals surface area contributed by atoms with Crippen molar-refractivity contribution in [1.82, 2.24) is 5.16 Å². The van der Waals surface area contributed by atoms with E-state index in [-0.39, 0.29) is 5.75 Å². The minimum absolute atomic E-state index is 0.193. The molecule has 0 saturated carbocycles. The molecule has 0 amide bonds. The Morgan fingerprint density at radius 1 is 1.50 bits per heavy atom. The van der Waals surface area contributed by atoms with Crippen LogP contribution in [0.25, 0.3) is 11.0 Å². The highest BCUT2D eigenvalue weighted by Gasteiger charge is 2.09. The van der Waals surface area contributed by atoms with Gasteiger partial charge in [0.2, 0.25) is 0 Å². The highest BCUT2D eigenvalue weighted by Crippen LogP contribution is 2.31. The molecule has 1 heterocycles. The van der Waals surface area contributed by atoms with Gasteiger partial charge >= 0.3 is 0 Å². The van der Waals surface area contributed by atoms with Crippen LogP contribution in [-0.2, 0) is 0 Å². The largest absolute Gasteiger partial charge is 0.507 e. The molecule has 0 atom stereocenters. The summed E-state index contributed by atoms with van der Waals surface area (Å²) in [5, 5.41) is 13.9. The molecule has 0 aliphatic rings. The molecular formula is C8H6BrNO2. The Hall–Kier alpha value is -1.03. The lowest BCUT2D eigenvalue weighted by molar-refractivity contribution is 0.450. The molecule has 2 rings (SSSR count). The number of nitrogens with zero attached hydrogens (tertiary/aromatic N) is 1. The Kier molecular flexibility index (Phi) is 1.58. The van der Waals surface area contributed by atoms with Crippen LogP contribution in [0.2, 0.25) is 0 Å². The molecule has 1 N–H and O–H groups in total. The van der Waals surface area contributed by atoms with Crippen molar-refractivity contribution >= 4 is 26.9 Å². The minimum Gasteiger partial charge on any atom is -0.507 e. The SMILES string of the molecule is Cc1noc2cc(Br)cc(O)c12. The van der Waals surface area contributed by atoms with Crippen LogP contribution < -0.4 is 0 Å². The number of aryl methyl sites for hydroxylation is 1. The maximum Gasteiger partial charge on any atom is 0.171 e. The molecule has 4 heteroatoms. The van der Waals surface area contributed by atoms with Gasteiger partial charge in [0.25, 0.3) is 0 Å². The summed E-state index contributed by atoms with van der Waals surface area (Å²) in [6, 6.07) is 3.39. The molecule has 1 aromatic heterocycles. The Labute approximate surface area is 77.1 Å². The van der Waals surface area contributed by atoms with E-state index >= 15 is 0 Å². The maximum atomic E-state index is 9.49. The van der Waals surface area contributed by atoms with E-state index in [2.05, 4.69) is 21.1 Å². The van der Waals surface area contributed by atoms with Crippen molar-refractivity contribution in [3.63, 3.8) is 0 Å².